The maximum Gasteiger partial charge on any atom is 0.344 e. The van der Waals surface area contributed by atoms with E-state index in [1.54, 1.807) is 25.7 Å². The highest BCUT2D eigenvalue weighted by molar-refractivity contribution is 5.93. The number of carbonyl (C=O) groups excluding carboxylic acids is 2. The molecule has 3 rings (SSSR count). The average Bonchev–Trinajstić information content (AvgIpc) is 3.00. The highest BCUT2D eigenvalue weighted by atomic mass is 16.5. The summed E-state index contributed by atoms with van der Waals surface area (Å²) in [6.45, 7) is 7.61. The van der Waals surface area contributed by atoms with Crippen molar-refractivity contribution >= 4 is 17.6 Å². The first-order valence-electron chi connectivity index (χ1n) is 8.70. The van der Waals surface area contributed by atoms with Gasteiger partial charge in [0, 0.05) is 31.9 Å². The lowest BCUT2D eigenvalue weighted by atomic mass is 10.2. The van der Waals surface area contributed by atoms with Crippen molar-refractivity contribution in [2.24, 2.45) is 0 Å². The predicted molar refractivity (Wildman–Crippen MR) is 96.1 cm³/mol. The first-order valence-corrected chi connectivity index (χ1v) is 8.70. The zero-order valence-electron chi connectivity index (χ0n) is 15.3. The lowest BCUT2D eigenvalue weighted by Crippen LogP contribution is -2.51. The summed E-state index contributed by atoms with van der Waals surface area (Å²) < 4.78 is 10.3. The van der Waals surface area contributed by atoms with E-state index in [4.69, 9.17) is 9.26 Å². The molecule has 0 bridgehead atoms. The van der Waals surface area contributed by atoms with Crippen LogP contribution in [0, 0.1) is 13.8 Å². The van der Waals surface area contributed by atoms with Crippen LogP contribution >= 0.6 is 0 Å². The molecule has 0 unspecified atom stereocenters. The molecule has 0 N–H and O–H groups in total. The summed E-state index contributed by atoms with van der Waals surface area (Å²) >= 11 is 0. The maximum absolute atomic E-state index is 12.6. The molecule has 138 valence electrons. The lowest BCUT2D eigenvalue weighted by molar-refractivity contribution is -0.140. The van der Waals surface area contributed by atoms with E-state index in [1.807, 2.05) is 18.2 Å². The number of nitrogens with zero attached hydrogens (tertiary/aromatic N) is 3. The maximum atomic E-state index is 12.6. The quantitative estimate of drug-likeness (QED) is 0.781. The third kappa shape index (κ3) is 3.71. The van der Waals surface area contributed by atoms with E-state index in [1.165, 1.54) is 0 Å². The highest BCUT2D eigenvalue weighted by Gasteiger charge is 2.29. The van der Waals surface area contributed by atoms with Crippen molar-refractivity contribution in [1.29, 1.82) is 0 Å². The van der Waals surface area contributed by atoms with Crippen molar-refractivity contribution in [3.63, 3.8) is 0 Å². The SMILES string of the molecule is Cc1noc(C)c1C(=O)O[C@@H](C)C(=O)N1CCN(c2ccccc2)CC1. The van der Waals surface area contributed by atoms with E-state index in [9.17, 15) is 9.59 Å². The Bertz CT molecular complexity index is 760. The minimum atomic E-state index is -0.848. The van der Waals surface area contributed by atoms with Gasteiger partial charge >= 0.3 is 5.97 Å². The summed E-state index contributed by atoms with van der Waals surface area (Å²) in [6, 6.07) is 10.1. The van der Waals surface area contributed by atoms with Crippen LogP contribution in [0.2, 0.25) is 0 Å². The number of benzene rings is 1. The van der Waals surface area contributed by atoms with Gasteiger partial charge in [-0.05, 0) is 32.9 Å². The van der Waals surface area contributed by atoms with Gasteiger partial charge < -0.3 is 19.1 Å². The first-order chi connectivity index (χ1) is 12.5. The van der Waals surface area contributed by atoms with Gasteiger partial charge in [-0.1, -0.05) is 23.4 Å². The summed E-state index contributed by atoms with van der Waals surface area (Å²) in [4.78, 5) is 28.9. The van der Waals surface area contributed by atoms with E-state index in [-0.39, 0.29) is 5.91 Å². The standard InChI is InChI=1S/C19H23N3O4/c1-13-17(14(2)26-20-13)19(24)25-15(3)18(23)22-11-9-21(10-12-22)16-7-5-4-6-8-16/h4-8,15H,9-12H2,1-3H3/t15-/m0/s1. The van der Waals surface area contributed by atoms with E-state index in [2.05, 4.69) is 22.2 Å². The Morgan fingerprint density at radius 2 is 1.77 bits per heavy atom. The number of anilines is 1. The fourth-order valence-electron chi connectivity index (χ4n) is 3.13. The molecule has 0 spiro atoms. The second-order valence-corrected chi connectivity index (χ2v) is 6.39. The second kappa shape index (κ2) is 7.59. The number of piperazine rings is 1. The molecule has 1 amide bonds. The predicted octanol–water partition coefficient (Wildman–Crippen LogP) is 2.19. The van der Waals surface area contributed by atoms with Crippen LogP contribution < -0.4 is 4.90 Å². The Morgan fingerprint density at radius 3 is 2.35 bits per heavy atom. The molecule has 0 aliphatic carbocycles. The van der Waals surface area contributed by atoms with Crippen LogP contribution in [0.1, 0.15) is 28.7 Å². The largest absolute Gasteiger partial charge is 0.449 e. The Kier molecular flexibility index (Phi) is 5.25. The molecular weight excluding hydrogens is 334 g/mol. The third-order valence-electron chi connectivity index (χ3n) is 4.58. The number of amides is 1. The zero-order chi connectivity index (χ0) is 18.7. The van der Waals surface area contributed by atoms with Crippen LogP contribution in [0.15, 0.2) is 34.9 Å². The van der Waals surface area contributed by atoms with Gasteiger partial charge in [-0.2, -0.15) is 0 Å². The monoisotopic (exact) mass is 357 g/mol. The second-order valence-electron chi connectivity index (χ2n) is 6.39. The molecule has 2 heterocycles. The molecule has 7 heteroatoms. The van der Waals surface area contributed by atoms with Crippen molar-refractivity contribution < 1.29 is 18.8 Å². The van der Waals surface area contributed by atoms with Crippen LogP contribution in [0.5, 0.6) is 0 Å². The fourth-order valence-corrected chi connectivity index (χ4v) is 3.13. The van der Waals surface area contributed by atoms with E-state index in [0.29, 0.717) is 30.1 Å². The summed E-state index contributed by atoms with van der Waals surface area (Å²) in [5, 5.41) is 3.74. The zero-order valence-corrected chi connectivity index (χ0v) is 15.3. The van der Waals surface area contributed by atoms with Gasteiger partial charge in [0.2, 0.25) is 0 Å². The molecule has 1 aromatic carbocycles. The Balaban J connectivity index is 1.55. The number of rotatable bonds is 4. The van der Waals surface area contributed by atoms with Gasteiger partial charge in [-0.25, -0.2) is 4.79 Å². The summed E-state index contributed by atoms with van der Waals surface area (Å²) in [5.41, 5.74) is 1.90. The van der Waals surface area contributed by atoms with Crippen LogP contribution in [0.25, 0.3) is 0 Å². The van der Waals surface area contributed by atoms with E-state index < -0.39 is 12.1 Å². The number of aryl methyl sites for hydroxylation is 2. The van der Waals surface area contributed by atoms with Crippen molar-refractivity contribution in [2.75, 3.05) is 31.1 Å². The van der Waals surface area contributed by atoms with Crippen molar-refractivity contribution in [3.8, 4) is 0 Å². The average molecular weight is 357 g/mol. The number of ether oxygens (including phenoxy) is 1. The number of aromatic nitrogens is 1. The molecule has 1 aliphatic heterocycles. The lowest BCUT2D eigenvalue weighted by Gasteiger charge is -2.37. The summed E-state index contributed by atoms with van der Waals surface area (Å²) in [7, 11) is 0. The Morgan fingerprint density at radius 1 is 1.12 bits per heavy atom. The number of hydrogen-bond donors (Lipinski definition) is 0. The molecule has 7 nitrogen and oxygen atoms in total. The van der Waals surface area contributed by atoms with E-state index in [0.717, 1.165) is 18.8 Å². The van der Waals surface area contributed by atoms with Crippen molar-refractivity contribution in [3.05, 3.63) is 47.3 Å². The van der Waals surface area contributed by atoms with Gasteiger partial charge in [0.25, 0.3) is 5.91 Å². The number of hydrogen-bond acceptors (Lipinski definition) is 6. The van der Waals surface area contributed by atoms with Crippen LogP contribution in [-0.2, 0) is 9.53 Å². The molecule has 1 atom stereocenters. The van der Waals surface area contributed by atoms with Crippen LogP contribution in [0.4, 0.5) is 5.69 Å². The molecule has 1 saturated heterocycles. The van der Waals surface area contributed by atoms with Gasteiger partial charge in [0.15, 0.2) is 6.10 Å². The Hall–Kier alpha value is -2.83. The Labute approximate surface area is 152 Å². The van der Waals surface area contributed by atoms with Gasteiger partial charge in [0.1, 0.15) is 11.3 Å². The molecule has 1 aliphatic rings. The molecule has 1 aromatic heterocycles. The molecule has 2 aromatic rings. The topological polar surface area (TPSA) is 75.9 Å². The van der Waals surface area contributed by atoms with Gasteiger partial charge in [-0.3, -0.25) is 4.79 Å². The fraction of sp³-hybridized carbons (Fsp3) is 0.421. The van der Waals surface area contributed by atoms with Gasteiger partial charge in [-0.15, -0.1) is 0 Å². The minimum Gasteiger partial charge on any atom is -0.449 e. The van der Waals surface area contributed by atoms with Crippen LogP contribution in [-0.4, -0.2) is 54.2 Å². The molecule has 0 saturated carbocycles. The molecule has 0 radical (unpaired) electrons. The van der Waals surface area contributed by atoms with E-state index >= 15 is 0 Å². The van der Waals surface area contributed by atoms with Crippen LogP contribution in [0.3, 0.4) is 0 Å². The summed E-state index contributed by atoms with van der Waals surface area (Å²) in [5.74, 6) is -0.369. The van der Waals surface area contributed by atoms with Crippen molar-refractivity contribution in [1.82, 2.24) is 10.1 Å². The first kappa shape index (κ1) is 18.0. The molecule has 1 fully saturated rings. The van der Waals surface area contributed by atoms with Gasteiger partial charge in [0.05, 0.1) is 5.69 Å². The molecular formula is C19H23N3O4. The smallest absolute Gasteiger partial charge is 0.344 e. The third-order valence-corrected chi connectivity index (χ3v) is 4.58. The minimum absolute atomic E-state index is 0.183. The normalized spacial score (nSPS) is 15.7. The summed E-state index contributed by atoms with van der Waals surface area (Å²) in [6.07, 6.45) is -0.848. The number of esters is 1. The highest BCUT2D eigenvalue weighted by Crippen LogP contribution is 2.18. The molecule has 26 heavy (non-hydrogen) atoms. The number of para-hydroxylation sites is 1. The van der Waals surface area contributed by atoms with Crippen molar-refractivity contribution in [2.45, 2.75) is 26.9 Å². The number of carbonyl (C=O) groups is 2.